The van der Waals surface area contributed by atoms with E-state index in [0.717, 1.165) is 0 Å². The molecule has 1 N–H and O–H groups in total. The lowest BCUT2D eigenvalue weighted by molar-refractivity contribution is -0.199. The molecule has 9 heteroatoms. The van der Waals surface area contributed by atoms with Crippen LogP contribution < -0.4 is 0 Å². The maximum Gasteiger partial charge on any atom is 0.337 e. The molecule has 0 unspecified atom stereocenters. The smallest absolute Gasteiger partial charge is 0.337 e. The predicted molar refractivity (Wildman–Crippen MR) is 143 cm³/mol. The van der Waals surface area contributed by atoms with Gasteiger partial charge in [-0.1, -0.05) is 62.3 Å². The third-order valence-electron chi connectivity index (χ3n) is 8.37. The second-order valence-electron chi connectivity index (χ2n) is 14.1. The van der Waals surface area contributed by atoms with Crippen LogP contribution >= 0.6 is 0 Å². The second-order valence-corrected chi connectivity index (χ2v) is 28.4. The number of ether oxygens (including phenoxy) is 1. The van der Waals surface area contributed by atoms with Gasteiger partial charge in [-0.2, -0.15) is 0 Å². The molecular weight excluding hydrogens is 469 g/mol. The highest BCUT2D eigenvalue weighted by Gasteiger charge is 2.56. The van der Waals surface area contributed by atoms with E-state index in [-0.39, 0.29) is 21.7 Å². The number of hydrogen-bond donors (Lipinski definition) is 1. The highest BCUT2D eigenvalue weighted by atomic mass is 28.4. The van der Waals surface area contributed by atoms with Gasteiger partial charge in [-0.15, -0.1) is 0 Å². The molecular formula is C24H52O6Si3. The van der Waals surface area contributed by atoms with Crippen molar-refractivity contribution in [3.63, 3.8) is 0 Å². The van der Waals surface area contributed by atoms with Crippen LogP contribution in [-0.4, -0.2) is 67.1 Å². The summed E-state index contributed by atoms with van der Waals surface area (Å²) in [5.41, 5.74) is 0. The quantitative estimate of drug-likeness (QED) is 0.324. The van der Waals surface area contributed by atoms with Crippen molar-refractivity contribution in [3.8, 4) is 0 Å². The van der Waals surface area contributed by atoms with Crippen molar-refractivity contribution in [3.05, 3.63) is 0 Å². The summed E-state index contributed by atoms with van der Waals surface area (Å²) in [5.74, 6) is -0.460. The fourth-order valence-electron chi connectivity index (χ4n) is 2.86. The predicted octanol–water partition coefficient (Wildman–Crippen LogP) is 6.08. The van der Waals surface area contributed by atoms with Gasteiger partial charge >= 0.3 is 5.97 Å². The Labute approximate surface area is 206 Å². The lowest BCUT2D eigenvalue weighted by Gasteiger charge is -2.51. The molecule has 0 spiro atoms. The zero-order valence-corrected chi connectivity index (χ0v) is 27.0. The number of aliphatic hydroxyl groups is 1. The SMILES string of the molecule is CC(C)(C)[Si](C)(C)O[C@@H]1[C@H](O[Si](C)(C)C(C)(C)C)[C@@H](O[Si](C)(C)C(C)(C)C)C(=O)O[C@@H]1CO. The van der Waals surface area contributed by atoms with E-state index in [1.54, 1.807) is 0 Å². The molecule has 0 aliphatic carbocycles. The zero-order valence-electron chi connectivity index (χ0n) is 24.0. The van der Waals surface area contributed by atoms with E-state index in [9.17, 15) is 9.90 Å². The molecule has 1 aliphatic rings. The lowest BCUT2D eigenvalue weighted by Crippen LogP contribution is -2.66. The van der Waals surface area contributed by atoms with Crippen LogP contribution in [-0.2, 0) is 22.8 Å². The molecule has 0 amide bonds. The van der Waals surface area contributed by atoms with Crippen molar-refractivity contribution in [1.82, 2.24) is 0 Å². The molecule has 196 valence electrons. The number of esters is 1. The Morgan fingerprint density at radius 2 is 1.03 bits per heavy atom. The fourth-order valence-corrected chi connectivity index (χ4v) is 6.69. The third kappa shape index (κ3) is 7.01. The number of rotatable bonds is 7. The van der Waals surface area contributed by atoms with Gasteiger partial charge in [0, 0.05) is 0 Å². The first-order chi connectivity index (χ1) is 14.4. The second kappa shape index (κ2) is 9.78. The van der Waals surface area contributed by atoms with Gasteiger partial charge in [0.2, 0.25) is 0 Å². The van der Waals surface area contributed by atoms with Crippen LogP contribution in [0.3, 0.4) is 0 Å². The largest absolute Gasteiger partial charge is 0.455 e. The standard InChI is InChI=1S/C24H52O6Si3/c1-22(2,3)31(10,11)28-18-17(16-25)27-21(26)20(30-33(14,15)24(7,8)9)19(18)29-32(12,13)23(4,5)6/h17-20,25H,16H2,1-15H3/t17-,18+,19+,20-/m1/s1. The van der Waals surface area contributed by atoms with Gasteiger partial charge in [0.05, 0.1) is 6.61 Å². The van der Waals surface area contributed by atoms with Crippen molar-refractivity contribution < 1.29 is 27.9 Å². The molecule has 0 saturated carbocycles. The Morgan fingerprint density at radius 1 is 0.697 bits per heavy atom. The van der Waals surface area contributed by atoms with E-state index in [0.29, 0.717) is 0 Å². The summed E-state index contributed by atoms with van der Waals surface area (Å²) in [6.45, 7) is 32.2. The number of cyclic esters (lactones) is 1. The molecule has 6 nitrogen and oxygen atoms in total. The van der Waals surface area contributed by atoms with Crippen molar-refractivity contribution in [2.24, 2.45) is 0 Å². The van der Waals surface area contributed by atoms with Crippen LogP contribution in [0.5, 0.6) is 0 Å². The molecule has 0 aromatic carbocycles. The average molecular weight is 521 g/mol. The normalized spacial score (nSPS) is 26.4. The molecule has 0 aromatic rings. The van der Waals surface area contributed by atoms with Crippen LogP contribution in [0.2, 0.25) is 54.4 Å². The topological polar surface area (TPSA) is 74.2 Å². The number of carbonyl (C=O) groups is 1. The highest BCUT2D eigenvalue weighted by Crippen LogP contribution is 2.44. The van der Waals surface area contributed by atoms with Crippen molar-refractivity contribution in [2.75, 3.05) is 6.61 Å². The molecule has 4 atom stereocenters. The molecule has 1 heterocycles. The monoisotopic (exact) mass is 520 g/mol. The molecule has 1 fully saturated rings. The highest BCUT2D eigenvalue weighted by molar-refractivity contribution is 6.75. The first-order valence-corrected chi connectivity index (χ1v) is 21.0. The van der Waals surface area contributed by atoms with E-state index < -0.39 is 55.3 Å². The van der Waals surface area contributed by atoms with Gasteiger partial charge in [0.1, 0.15) is 12.2 Å². The minimum atomic E-state index is -2.33. The summed E-state index contributed by atoms with van der Waals surface area (Å²) in [6, 6.07) is 0. The number of carbonyl (C=O) groups excluding carboxylic acids is 1. The van der Waals surface area contributed by atoms with Crippen LogP contribution in [0.4, 0.5) is 0 Å². The Bertz CT molecular complexity index is 686. The lowest BCUT2D eigenvalue weighted by atomic mass is 10.0. The van der Waals surface area contributed by atoms with Gasteiger partial charge in [-0.25, -0.2) is 4.79 Å². The Hall–Kier alpha value is -0.0394. The van der Waals surface area contributed by atoms with Crippen molar-refractivity contribution in [2.45, 2.75) is 141 Å². The Morgan fingerprint density at radius 3 is 1.36 bits per heavy atom. The zero-order chi connectivity index (χ0) is 26.4. The molecule has 1 rings (SSSR count). The molecule has 33 heavy (non-hydrogen) atoms. The van der Waals surface area contributed by atoms with Gasteiger partial charge in [0.25, 0.3) is 0 Å². The van der Waals surface area contributed by atoms with Crippen molar-refractivity contribution in [1.29, 1.82) is 0 Å². The minimum Gasteiger partial charge on any atom is -0.455 e. The van der Waals surface area contributed by atoms with Crippen LogP contribution in [0, 0.1) is 0 Å². The van der Waals surface area contributed by atoms with E-state index in [2.05, 4.69) is 102 Å². The third-order valence-corrected chi connectivity index (χ3v) is 21.8. The summed E-state index contributed by atoms with van der Waals surface area (Å²) in [5, 5.41) is 9.99. The van der Waals surface area contributed by atoms with Gasteiger partial charge < -0.3 is 23.1 Å². The molecule has 0 aromatic heterocycles. The van der Waals surface area contributed by atoms with E-state index in [1.807, 2.05) is 0 Å². The first kappa shape index (κ1) is 31.0. The first-order valence-electron chi connectivity index (χ1n) is 12.2. The summed E-state index contributed by atoms with van der Waals surface area (Å²) in [4.78, 5) is 13.3. The number of aliphatic hydroxyl groups excluding tert-OH is 1. The summed E-state index contributed by atoms with van der Waals surface area (Å²) in [6.07, 6.45) is -2.87. The summed E-state index contributed by atoms with van der Waals surface area (Å²) in [7, 11) is -6.91. The summed E-state index contributed by atoms with van der Waals surface area (Å²) >= 11 is 0. The maximum atomic E-state index is 13.3. The molecule has 1 saturated heterocycles. The molecule has 1 aliphatic heterocycles. The van der Waals surface area contributed by atoms with Crippen LogP contribution in [0.1, 0.15) is 62.3 Å². The van der Waals surface area contributed by atoms with E-state index in [4.69, 9.17) is 18.0 Å². The minimum absolute atomic E-state index is 0.0498. The summed E-state index contributed by atoms with van der Waals surface area (Å²) < 4.78 is 26.2. The Kier molecular flexibility index (Phi) is 9.19. The number of hydrogen-bond acceptors (Lipinski definition) is 6. The maximum absolute atomic E-state index is 13.3. The van der Waals surface area contributed by atoms with Gasteiger partial charge in [-0.05, 0) is 54.4 Å². The van der Waals surface area contributed by atoms with Gasteiger partial charge in [-0.3, -0.25) is 0 Å². The van der Waals surface area contributed by atoms with Crippen LogP contribution in [0.25, 0.3) is 0 Å². The van der Waals surface area contributed by atoms with E-state index >= 15 is 0 Å². The average Bonchev–Trinajstić information content (AvgIpc) is 2.56. The van der Waals surface area contributed by atoms with E-state index in [1.165, 1.54) is 0 Å². The molecule has 0 bridgehead atoms. The molecule has 0 radical (unpaired) electrons. The van der Waals surface area contributed by atoms with Crippen molar-refractivity contribution >= 4 is 30.9 Å². The van der Waals surface area contributed by atoms with Gasteiger partial charge in [0.15, 0.2) is 37.2 Å². The fraction of sp³-hybridized carbons (Fsp3) is 0.958. The van der Waals surface area contributed by atoms with Crippen LogP contribution in [0.15, 0.2) is 0 Å². The Balaban J connectivity index is 3.60.